The Hall–Kier alpha value is -0.340. The van der Waals surface area contributed by atoms with Crippen LogP contribution in [0, 0.1) is 0 Å². The van der Waals surface area contributed by atoms with E-state index in [2.05, 4.69) is 25.2 Å². The van der Waals surface area contributed by atoms with E-state index in [1.54, 1.807) is 0 Å². The van der Waals surface area contributed by atoms with Crippen molar-refractivity contribution in [2.45, 2.75) is 32.7 Å². The van der Waals surface area contributed by atoms with Crippen molar-refractivity contribution in [3.05, 3.63) is 12.2 Å². The van der Waals surface area contributed by atoms with Crippen LogP contribution in [0.5, 0.6) is 0 Å². The quantitative estimate of drug-likeness (QED) is 0.590. The summed E-state index contributed by atoms with van der Waals surface area (Å²) in [7, 11) is 0. The molecule has 0 aromatic carbocycles. The number of allylic oxidation sites excluding steroid dienone is 1. The first kappa shape index (κ1) is 10.7. The lowest BCUT2D eigenvalue weighted by molar-refractivity contribution is 0.234. The van der Waals surface area contributed by atoms with Crippen molar-refractivity contribution in [3.63, 3.8) is 0 Å². The van der Waals surface area contributed by atoms with Crippen molar-refractivity contribution >= 4 is 0 Å². The summed E-state index contributed by atoms with van der Waals surface area (Å²) in [5.74, 6) is 0. The van der Waals surface area contributed by atoms with Crippen LogP contribution in [0.4, 0.5) is 0 Å². The smallest absolute Gasteiger partial charge is 0.0448 e. The summed E-state index contributed by atoms with van der Waals surface area (Å²) in [6, 6.07) is 0. The Morgan fingerprint density at radius 3 is 2.55 bits per heavy atom. The Balaban J connectivity index is 3.54. The van der Waals surface area contributed by atoms with Crippen molar-refractivity contribution in [2.75, 3.05) is 13.2 Å². The van der Waals surface area contributed by atoms with Gasteiger partial charge in [-0.1, -0.05) is 12.2 Å². The minimum absolute atomic E-state index is 0.0499. The molecule has 0 spiro atoms. The van der Waals surface area contributed by atoms with E-state index >= 15 is 0 Å². The molecule has 0 unspecified atom stereocenters. The third-order valence-corrected chi connectivity index (χ3v) is 1.67. The van der Waals surface area contributed by atoms with Crippen LogP contribution in [0.25, 0.3) is 0 Å². The average Bonchev–Trinajstić information content (AvgIpc) is 1.87. The van der Waals surface area contributed by atoms with Gasteiger partial charge in [-0.25, -0.2) is 0 Å². The zero-order chi connectivity index (χ0) is 8.74. The number of aliphatic hydroxyl groups is 1. The molecule has 0 saturated carbocycles. The first-order chi connectivity index (χ1) is 5.12. The molecule has 0 amide bonds. The topological polar surface area (TPSA) is 32.3 Å². The highest BCUT2D eigenvalue weighted by Gasteiger charge is 2.13. The van der Waals surface area contributed by atoms with Gasteiger partial charge in [-0.3, -0.25) is 0 Å². The molecule has 2 heteroatoms. The zero-order valence-corrected chi connectivity index (χ0v) is 7.72. The molecule has 2 N–H and O–H groups in total. The molecular formula is C9H19NO. The molecule has 0 heterocycles. The van der Waals surface area contributed by atoms with Gasteiger partial charge in [-0.05, 0) is 27.2 Å². The number of nitrogens with one attached hydrogen (secondary N) is 1. The summed E-state index contributed by atoms with van der Waals surface area (Å²) in [6.07, 6.45) is 4.88. The number of hydrogen-bond donors (Lipinski definition) is 2. The average molecular weight is 157 g/mol. The Morgan fingerprint density at radius 2 is 2.09 bits per heavy atom. The number of aliphatic hydroxyl groups excluding tert-OH is 1. The van der Waals surface area contributed by atoms with Gasteiger partial charge < -0.3 is 10.4 Å². The molecule has 0 saturated heterocycles. The van der Waals surface area contributed by atoms with E-state index in [1.165, 1.54) is 0 Å². The Kier molecular flexibility index (Phi) is 5.16. The molecule has 66 valence electrons. The molecule has 0 atom stereocenters. The molecule has 0 aliphatic heterocycles. The maximum Gasteiger partial charge on any atom is 0.0448 e. The maximum absolute atomic E-state index is 8.70. The van der Waals surface area contributed by atoms with Crippen LogP contribution < -0.4 is 5.32 Å². The van der Waals surface area contributed by atoms with Gasteiger partial charge >= 0.3 is 0 Å². The summed E-state index contributed by atoms with van der Waals surface area (Å²) in [4.78, 5) is 0. The van der Waals surface area contributed by atoms with Crippen LogP contribution in [-0.4, -0.2) is 23.8 Å². The van der Waals surface area contributed by atoms with Gasteiger partial charge in [-0.2, -0.15) is 0 Å². The number of rotatable bonds is 5. The highest BCUT2D eigenvalue weighted by Crippen LogP contribution is 2.05. The molecule has 2 nitrogen and oxygen atoms in total. The van der Waals surface area contributed by atoms with Crippen molar-refractivity contribution in [1.29, 1.82) is 0 Å². The standard InChI is InChI=1S/C9H19NO/c1-4-5-7-10-9(2,3)6-8-11/h4-5,10-11H,6-8H2,1-3H3/b5-4+. The third-order valence-electron chi connectivity index (χ3n) is 1.67. The zero-order valence-electron chi connectivity index (χ0n) is 7.72. The van der Waals surface area contributed by atoms with Crippen molar-refractivity contribution in [3.8, 4) is 0 Å². The predicted octanol–water partition coefficient (Wildman–Crippen LogP) is 1.31. The molecule has 0 rings (SSSR count). The number of hydrogen-bond acceptors (Lipinski definition) is 2. The van der Waals surface area contributed by atoms with E-state index in [0.29, 0.717) is 0 Å². The van der Waals surface area contributed by atoms with E-state index in [4.69, 9.17) is 5.11 Å². The van der Waals surface area contributed by atoms with E-state index in [-0.39, 0.29) is 12.1 Å². The van der Waals surface area contributed by atoms with Crippen LogP contribution in [-0.2, 0) is 0 Å². The van der Waals surface area contributed by atoms with Crippen LogP contribution in [0.2, 0.25) is 0 Å². The van der Waals surface area contributed by atoms with Crippen LogP contribution in [0.1, 0.15) is 27.2 Å². The first-order valence-electron chi connectivity index (χ1n) is 4.09. The monoisotopic (exact) mass is 157 g/mol. The molecule has 0 aliphatic carbocycles. The van der Waals surface area contributed by atoms with Gasteiger partial charge in [0, 0.05) is 18.7 Å². The Morgan fingerprint density at radius 1 is 1.45 bits per heavy atom. The minimum Gasteiger partial charge on any atom is -0.396 e. The Bertz CT molecular complexity index is 119. The lowest BCUT2D eigenvalue weighted by Crippen LogP contribution is -2.40. The summed E-state index contributed by atoms with van der Waals surface area (Å²) in [6.45, 7) is 7.31. The minimum atomic E-state index is 0.0499. The normalized spacial score (nSPS) is 12.7. The summed E-state index contributed by atoms with van der Waals surface area (Å²) >= 11 is 0. The molecular weight excluding hydrogens is 138 g/mol. The van der Waals surface area contributed by atoms with E-state index in [1.807, 2.05) is 13.0 Å². The van der Waals surface area contributed by atoms with Gasteiger partial charge in [0.2, 0.25) is 0 Å². The van der Waals surface area contributed by atoms with Gasteiger partial charge in [0.1, 0.15) is 0 Å². The van der Waals surface area contributed by atoms with Gasteiger partial charge in [0.25, 0.3) is 0 Å². The second kappa shape index (κ2) is 5.33. The predicted molar refractivity (Wildman–Crippen MR) is 48.6 cm³/mol. The SMILES string of the molecule is C/C=C/CNC(C)(C)CCO. The molecule has 0 fully saturated rings. The van der Waals surface area contributed by atoms with Gasteiger partial charge in [0.05, 0.1) is 0 Å². The largest absolute Gasteiger partial charge is 0.396 e. The van der Waals surface area contributed by atoms with Crippen LogP contribution in [0.15, 0.2) is 12.2 Å². The highest BCUT2D eigenvalue weighted by atomic mass is 16.3. The van der Waals surface area contributed by atoms with Gasteiger partial charge in [-0.15, -0.1) is 0 Å². The molecule has 0 aliphatic rings. The van der Waals surface area contributed by atoms with Crippen LogP contribution in [0.3, 0.4) is 0 Å². The van der Waals surface area contributed by atoms with Crippen molar-refractivity contribution in [1.82, 2.24) is 5.32 Å². The fourth-order valence-electron chi connectivity index (χ4n) is 0.821. The van der Waals surface area contributed by atoms with E-state index in [0.717, 1.165) is 13.0 Å². The third kappa shape index (κ3) is 6.07. The van der Waals surface area contributed by atoms with Gasteiger partial charge in [0.15, 0.2) is 0 Å². The highest BCUT2D eigenvalue weighted by molar-refractivity contribution is 4.85. The van der Waals surface area contributed by atoms with E-state index in [9.17, 15) is 0 Å². The Labute approximate surface area is 69.3 Å². The first-order valence-corrected chi connectivity index (χ1v) is 4.09. The molecule has 0 aromatic heterocycles. The summed E-state index contributed by atoms with van der Waals surface area (Å²) in [5, 5.41) is 12.0. The molecule has 0 bridgehead atoms. The molecule has 0 aromatic rings. The lowest BCUT2D eigenvalue weighted by atomic mass is 10.0. The van der Waals surface area contributed by atoms with Crippen molar-refractivity contribution in [2.24, 2.45) is 0 Å². The summed E-state index contributed by atoms with van der Waals surface area (Å²) < 4.78 is 0. The maximum atomic E-state index is 8.70. The fourth-order valence-corrected chi connectivity index (χ4v) is 0.821. The summed E-state index contributed by atoms with van der Waals surface area (Å²) in [5.41, 5.74) is 0.0499. The molecule has 0 radical (unpaired) electrons. The second-order valence-corrected chi connectivity index (χ2v) is 3.31. The fraction of sp³-hybridized carbons (Fsp3) is 0.778. The van der Waals surface area contributed by atoms with Crippen molar-refractivity contribution < 1.29 is 5.11 Å². The van der Waals surface area contributed by atoms with Crippen LogP contribution >= 0.6 is 0 Å². The van der Waals surface area contributed by atoms with E-state index < -0.39 is 0 Å². The lowest BCUT2D eigenvalue weighted by Gasteiger charge is -2.24. The molecule has 11 heavy (non-hydrogen) atoms. The second-order valence-electron chi connectivity index (χ2n) is 3.31.